The summed E-state index contributed by atoms with van der Waals surface area (Å²) in [6.07, 6.45) is 7.34. The van der Waals surface area contributed by atoms with Crippen molar-refractivity contribution in [3.05, 3.63) is 18.0 Å². The molecule has 0 radical (unpaired) electrons. The van der Waals surface area contributed by atoms with E-state index in [1.54, 1.807) is 0 Å². The molecular formula is C15H26N2O2. The van der Waals surface area contributed by atoms with Gasteiger partial charge in [-0.3, -0.25) is 4.68 Å². The molecule has 0 spiro atoms. The van der Waals surface area contributed by atoms with E-state index < -0.39 is 11.7 Å². The maximum atomic E-state index is 10.5. The van der Waals surface area contributed by atoms with Gasteiger partial charge in [0.2, 0.25) is 0 Å². The Morgan fingerprint density at radius 1 is 1.37 bits per heavy atom. The molecule has 1 aromatic heterocycles. The van der Waals surface area contributed by atoms with Gasteiger partial charge in [0.05, 0.1) is 17.4 Å². The Labute approximate surface area is 115 Å². The van der Waals surface area contributed by atoms with Crippen molar-refractivity contribution < 1.29 is 10.2 Å². The van der Waals surface area contributed by atoms with Crippen LogP contribution in [-0.2, 0) is 6.42 Å². The van der Waals surface area contributed by atoms with Gasteiger partial charge < -0.3 is 10.2 Å². The molecular weight excluding hydrogens is 240 g/mol. The van der Waals surface area contributed by atoms with Gasteiger partial charge in [-0.1, -0.05) is 26.2 Å². The first-order valence-electron chi connectivity index (χ1n) is 7.49. The summed E-state index contributed by atoms with van der Waals surface area (Å²) in [6, 6.07) is 2.32. The van der Waals surface area contributed by atoms with Crippen molar-refractivity contribution in [2.24, 2.45) is 0 Å². The maximum absolute atomic E-state index is 10.5. The first-order chi connectivity index (χ1) is 9.05. The average Bonchev–Trinajstić information content (AvgIpc) is 2.87. The molecule has 0 bridgehead atoms. The lowest BCUT2D eigenvalue weighted by Crippen LogP contribution is -2.45. The lowest BCUT2D eigenvalue weighted by atomic mass is 9.79. The number of aliphatic hydroxyl groups is 2. The van der Waals surface area contributed by atoms with Crippen LogP contribution in [0.25, 0.3) is 0 Å². The third-order valence-electron chi connectivity index (χ3n) is 4.45. The quantitative estimate of drug-likeness (QED) is 0.860. The Morgan fingerprint density at radius 3 is 2.68 bits per heavy atom. The Hall–Kier alpha value is -0.870. The van der Waals surface area contributed by atoms with Crippen molar-refractivity contribution in [2.45, 2.75) is 76.5 Å². The Morgan fingerprint density at radius 2 is 2.05 bits per heavy atom. The second kappa shape index (κ2) is 6.06. The van der Waals surface area contributed by atoms with Crippen LogP contribution in [0, 0.1) is 0 Å². The molecule has 1 heterocycles. The average molecular weight is 266 g/mol. The Balaban J connectivity index is 1.98. The van der Waals surface area contributed by atoms with Gasteiger partial charge in [-0.2, -0.15) is 5.10 Å². The molecule has 1 saturated carbocycles. The van der Waals surface area contributed by atoms with Gasteiger partial charge in [0.1, 0.15) is 0 Å². The van der Waals surface area contributed by atoms with E-state index in [4.69, 9.17) is 0 Å². The highest BCUT2D eigenvalue weighted by molar-refractivity contribution is 5.04. The largest absolute Gasteiger partial charge is 0.390 e. The van der Waals surface area contributed by atoms with Crippen LogP contribution in [0.4, 0.5) is 0 Å². The van der Waals surface area contributed by atoms with Crippen LogP contribution < -0.4 is 0 Å². The maximum Gasteiger partial charge on any atom is 0.0909 e. The molecule has 1 fully saturated rings. The standard InChI is InChI=1S/C15H26N2O2/c1-3-12(2)17-10-7-13(16-17)11-14(18)15(19)8-5-4-6-9-15/h7,10,12,14,18-19H,3-6,8-9,11H2,1-2H3. The van der Waals surface area contributed by atoms with Crippen LogP contribution in [0.5, 0.6) is 0 Å². The van der Waals surface area contributed by atoms with Gasteiger partial charge in [-0.25, -0.2) is 0 Å². The van der Waals surface area contributed by atoms with E-state index in [2.05, 4.69) is 18.9 Å². The third kappa shape index (κ3) is 3.37. The van der Waals surface area contributed by atoms with Gasteiger partial charge in [-0.05, 0) is 32.3 Å². The highest BCUT2D eigenvalue weighted by atomic mass is 16.3. The molecule has 0 aromatic carbocycles. The topological polar surface area (TPSA) is 58.3 Å². The Kier molecular flexibility index (Phi) is 4.63. The first-order valence-corrected chi connectivity index (χ1v) is 7.49. The van der Waals surface area contributed by atoms with Crippen LogP contribution in [0.3, 0.4) is 0 Å². The number of nitrogens with zero attached hydrogens (tertiary/aromatic N) is 2. The van der Waals surface area contributed by atoms with Crippen molar-refractivity contribution >= 4 is 0 Å². The van der Waals surface area contributed by atoms with Gasteiger partial charge in [0.15, 0.2) is 0 Å². The molecule has 4 heteroatoms. The molecule has 2 unspecified atom stereocenters. The normalized spacial score (nSPS) is 22.1. The van der Waals surface area contributed by atoms with Crippen molar-refractivity contribution in [3.63, 3.8) is 0 Å². The van der Waals surface area contributed by atoms with E-state index in [1.807, 2.05) is 16.9 Å². The summed E-state index contributed by atoms with van der Waals surface area (Å²) in [5.74, 6) is 0. The van der Waals surface area contributed by atoms with Crippen molar-refractivity contribution in [3.8, 4) is 0 Å². The predicted octanol–water partition coefficient (Wildman–Crippen LogP) is 2.45. The zero-order chi connectivity index (χ0) is 13.9. The molecule has 108 valence electrons. The predicted molar refractivity (Wildman–Crippen MR) is 75.0 cm³/mol. The molecule has 19 heavy (non-hydrogen) atoms. The zero-order valence-corrected chi connectivity index (χ0v) is 12.0. The van der Waals surface area contributed by atoms with Crippen LogP contribution in [-0.4, -0.2) is 31.7 Å². The van der Waals surface area contributed by atoms with Crippen molar-refractivity contribution in [1.82, 2.24) is 9.78 Å². The number of aromatic nitrogens is 2. The highest BCUT2D eigenvalue weighted by Gasteiger charge is 2.37. The van der Waals surface area contributed by atoms with Gasteiger partial charge in [0.25, 0.3) is 0 Å². The van der Waals surface area contributed by atoms with E-state index >= 15 is 0 Å². The van der Waals surface area contributed by atoms with Crippen molar-refractivity contribution in [2.75, 3.05) is 0 Å². The second-order valence-electron chi connectivity index (χ2n) is 5.93. The smallest absolute Gasteiger partial charge is 0.0909 e. The molecule has 1 aromatic rings. The number of hydrogen-bond acceptors (Lipinski definition) is 3. The van der Waals surface area contributed by atoms with E-state index in [1.165, 1.54) is 0 Å². The molecule has 1 aliphatic rings. The fourth-order valence-electron chi connectivity index (χ4n) is 2.80. The lowest BCUT2D eigenvalue weighted by Gasteiger charge is -2.36. The number of rotatable bonds is 5. The van der Waals surface area contributed by atoms with Crippen LogP contribution in [0.15, 0.2) is 12.3 Å². The fraction of sp³-hybridized carbons (Fsp3) is 0.800. The third-order valence-corrected chi connectivity index (χ3v) is 4.45. The monoisotopic (exact) mass is 266 g/mol. The summed E-state index contributed by atoms with van der Waals surface area (Å²) < 4.78 is 1.94. The molecule has 0 amide bonds. The fourth-order valence-corrected chi connectivity index (χ4v) is 2.80. The van der Waals surface area contributed by atoms with Gasteiger partial charge in [-0.15, -0.1) is 0 Å². The summed E-state index contributed by atoms with van der Waals surface area (Å²) >= 11 is 0. The molecule has 2 rings (SSSR count). The zero-order valence-electron chi connectivity index (χ0n) is 12.0. The molecule has 2 N–H and O–H groups in total. The number of aliphatic hydroxyl groups excluding tert-OH is 1. The molecule has 0 saturated heterocycles. The minimum atomic E-state index is -0.904. The van der Waals surface area contributed by atoms with Gasteiger partial charge in [0, 0.05) is 18.7 Å². The van der Waals surface area contributed by atoms with E-state index in [-0.39, 0.29) is 0 Å². The lowest BCUT2D eigenvalue weighted by molar-refractivity contribution is -0.0964. The summed E-state index contributed by atoms with van der Waals surface area (Å²) in [5.41, 5.74) is -0.0370. The summed E-state index contributed by atoms with van der Waals surface area (Å²) in [5, 5.41) is 25.3. The van der Waals surface area contributed by atoms with Crippen LogP contribution >= 0.6 is 0 Å². The summed E-state index contributed by atoms with van der Waals surface area (Å²) in [6.45, 7) is 4.26. The highest BCUT2D eigenvalue weighted by Crippen LogP contribution is 2.32. The van der Waals surface area contributed by atoms with Gasteiger partial charge >= 0.3 is 0 Å². The van der Waals surface area contributed by atoms with Crippen LogP contribution in [0.2, 0.25) is 0 Å². The molecule has 4 nitrogen and oxygen atoms in total. The summed E-state index contributed by atoms with van der Waals surface area (Å²) in [7, 11) is 0. The Bertz CT molecular complexity index is 397. The summed E-state index contributed by atoms with van der Waals surface area (Å²) in [4.78, 5) is 0. The van der Waals surface area contributed by atoms with E-state index in [0.29, 0.717) is 25.3 Å². The van der Waals surface area contributed by atoms with E-state index in [0.717, 1.165) is 31.4 Å². The minimum absolute atomic E-state index is 0.378. The number of hydrogen-bond donors (Lipinski definition) is 2. The van der Waals surface area contributed by atoms with Crippen molar-refractivity contribution in [1.29, 1.82) is 0 Å². The molecule has 0 aliphatic heterocycles. The minimum Gasteiger partial charge on any atom is -0.390 e. The van der Waals surface area contributed by atoms with Crippen LogP contribution in [0.1, 0.15) is 64.1 Å². The molecule has 2 atom stereocenters. The second-order valence-corrected chi connectivity index (χ2v) is 5.93. The van der Waals surface area contributed by atoms with E-state index in [9.17, 15) is 10.2 Å². The molecule has 1 aliphatic carbocycles. The first kappa shape index (κ1) is 14.5. The SMILES string of the molecule is CCC(C)n1ccc(CC(O)C2(O)CCCCC2)n1.